The van der Waals surface area contributed by atoms with Crippen LogP contribution < -0.4 is 14.8 Å². The Morgan fingerprint density at radius 1 is 0.962 bits per heavy atom. The average Bonchev–Trinajstić information content (AvgIpc) is 2.67. The van der Waals surface area contributed by atoms with Gasteiger partial charge in [0, 0.05) is 5.69 Å². The standard InChI is InChI=1S/C22H29NO3/c1-4-6-7-16-25-20-14-10-19(11-15-20)23-22(24)17(3)26-21-12-8-18(5-2)9-13-21/h8-15,17H,4-7,16H2,1-3H3,(H,23,24). The highest BCUT2D eigenvalue weighted by Crippen LogP contribution is 2.18. The number of hydrogen-bond acceptors (Lipinski definition) is 3. The lowest BCUT2D eigenvalue weighted by atomic mass is 10.2. The molecular formula is C22H29NO3. The van der Waals surface area contributed by atoms with Crippen LogP contribution >= 0.6 is 0 Å². The van der Waals surface area contributed by atoms with Gasteiger partial charge in [0.25, 0.3) is 5.91 Å². The zero-order valence-corrected chi connectivity index (χ0v) is 16.0. The van der Waals surface area contributed by atoms with Crippen LogP contribution in [0.1, 0.15) is 45.6 Å². The number of nitrogens with one attached hydrogen (secondary N) is 1. The summed E-state index contributed by atoms with van der Waals surface area (Å²) in [5.74, 6) is 1.33. The molecule has 0 bridgehead atoms. The molecule has 0 spiro atoms. The lowest BCUT2D eigenvalue weighted by Gasteiger charge is -2.15. The van der Waals surface area contributed by atoms with Crippen LogP contribution in [0, 0.1) is 0 Å². The number of aryl methyl sites for hydroxylation is 1. The van der Waals surface area contributed by atoms with Crippen molar-refractivity contribution in [2.45, 2.75) is 52.6 Å². The fraction of sp³-hybridized carbons (Fsp3) is 0.409. The molecule has 1 N–H and O–H groups in total. The van der Waals surface area contributed by atoms with E-state index in [1.54, 1.807) is 6.92 Å². The van der Waals surface area contributed by atoms with Gasteiger partial charge < -0.3 is 14.8 Å². The minimum atomic E-state index is -0.576. The first-order valence-electron chi connectivity index (χ1n) is 9.41. The van der Waals surface area contributed by atoms with Gasteiger partial charge in [-0.25, -0.2) is 0 Å². The van der Waals surface area contributed by atoms with Gasteiger partial charge in [0.2, 0.25) is 0 Å². The van der Waals surface area contributed by atoms with Gasteiger partial charge in [-0.1, -0.05) is 38.8 Å². The van der Waals surface area contributed by atoms with Crippen molar-refractivity contribution < 1.29 is 14.3 Å². The topological polar surface area (TPSA) is 47.6 Å². The van der Waals surface area contributed by atoms with Crippen molar-refractivity contribution in [2.75, 3.05) is 11.9 Å². The lowest BCUT2D eigenvalue weighted by Crippen LogP contribution is -2.30. The molecule has 4 heteroatoms. The summed E-state index contributed by atoms with van der Waals surface area (Å²) in [6.45, 7) is 6.74. The molecule has 0 saturated carbocycles. The number of hydrogen-bond donors (Lipinski definition) is 1. The van der Waals surface area contributed by atoms with E-state index < -0.39 is 6.10 Å². The molecule has 1 amide bonds. The Morgan fingerprint density at radius 2 is 1.62 bits per heavy atom. The van der Waals surface area contributed by atoms with E-state index in [1.807, 2.05) is 48.5 Å². The lowest BCUT2D eigenvalue weighted by molar-refractivity contribution is -0.122. The number of rotatable bonds is 10. The van der Waals surface area contributed by atoms with Crippen molar-refractivity contribution in [2.24, 2.45) is 0 Å². The van der Waals surface area contributed by atoms with Crippen LogP contribution in [0.4, 0.5) is 5.69 Å². The third-order valence-electron chi connectivity index (χ3n) is 4.15. The van der Waals surface area contributed by atoms with E-state index in [-0.39, 0.29) is 5.91 Å². The highest BCUT2D eigenvalue weighted by atomic mass is 16.5. The van der Waals surface area contributed by atoms with Gasteiger partial charge >= 0.3 is 0 Å². The van der Waals surface area contributed by atoms with Gasteiger partial charge in [-0.2, -0.15) is 0 Å². The first-order chi connectivity index (χ1) is 12.6. The van der Waals surface area contributed by atoms with E-state index in [9.17, 15) is 4.79 Å². The number of carbonyl (C=O) groups excluding carboxylic acids is 1. The molecule has 0 heterocycles. The molecule has 1 unspecified atom stereocenters. The van der Waals surface area contributed by atoms with Crippen molar-refractivity contribution >= 4 is 11.6 Å². The number of unbranched alkanes of at least 4 members (excludes halogenated alkanes) is 2. The van der Waals surface area contributed by atoms with Gasteiger partial charge in [-0.15, -0.1) is 0 Å². The molecule has 0 aliphatic heterocycles. The van der Waals surface area contributed by atoms with Crippen molar-refractivity contribution in [3.63, 3.8) is 0 Å². The Kier molecular flexibility index (Phi) is 8.00. The fourth-order valence-corrected chi connectivity index (χ4v) is 2.48. The van der Waals surface area contributed by atoms with Gasteiger partial charge in [0.1, 0.15) is 11.5 Å². The number of amides is 1. The quantitative estimate of drug-likeness (QED) is 0.594. The Morgan fingerprint density at radius 3 is 2.23 bits per heavy atom. The molecule has 2 rings (SSSR count). The molecule has 2 aromatic rings. The normalized spacial score (nSPS) is 11.7. The Hall–Kier alpha value is -2.49. The van der Waals surface area contributed by atoms with Crippen LogP contribution in [-0.4, -0.2) is 18.6 Å². The maximum absolute atomic E-state index is 12.3. The Balaban J connectivity index is 1.81. The third-order valence-corrected chi connectivity index (χ3v) is 4.15. The van der Waals surface area contributed by atoms with Crippen molar-refractivity contribution in [1.82, 2.24) is 0 Å². The fourth-order valence-electron chi connectivity index (χ4n) is 2.48. The number of anilines is 1. The highest BCUT2D eigenvalue weighted by molar-refractivity contribution is 5.94. The molecule has 0 saturated heterocycles. The molecule has 26 heavy (non-hydrogen) atoms. The van der Waals surface area contributed by atoms with E-state index >= 15 is 0 Å². The smallest absolute Gasteiger partial charge is 0.265 e. The Bertz CT molecular complexity index is 665. The maximum Gasteiger partial charge on any atom is 0.265 e. The van der Waals surface area contributed by atoms with E-state index in [2.05, 4.69) is 19.2 Å². The van der Waals surface area contributed by atoms with Crippen LogP contribution in [0.15, 0.2) is 48.5 Å². The van der Waals surface area contributed by atoms with Crippen LogP contribution in [0.3, 0.4) is 0 Å². The van der Waals surface area contributed by atoms with E-state index in [0.29, 0.717) is 5.75 Å². The summed E-state index contributed by atoms with van der Waals surface area (Å²) < 4.78 is 11.4. The summed E-state index contributed by atoms with van der Waals surface area (Å²) in [4.78, 5) is 12.3. The first-order valence-corrected chi connectivity index (χ1v) is 9.41. The van der Waals surface area contributed by atoms with Gasteiger partial charge in [0.05, 0.1) is 6.61 Å². The molecule has 0 fully saturated rings. The molecular weight excluding hydrogens is 326 g/mol. The largest absolute Gasteiger partial charge is 0.494 e. The second-order valence-corrected chi connectivity index (χ2v) is 6.33. The van der Waals surface area contributed by atoms with Crippen LogP contribution in [-0.2, 0) is 11.2 Å². The molecule has 0 aliphatic rings. The predicted octanol–water partition coefficient (Wildman–Crippen LogP) is 5.22. The van der Waals surface area contributed by atoms with Crippen molar-refractivity contribution in [3.8, 4) is 11.5 Å². The third kappa shape index (κ3) is 6.43. The van der Waals surface area contributed by atoms with Crippen LogP contribution in [0.5, 0.6) is 11.5 Å². The molecule has 0 aromatic heterocycles. The summed E-state index contributed by atoms with van der Waals surface area (Å²) in [6.07, 6.45) is 3.81. The summed E-state index contributed by atoms with van der Waals surface area (Å²) in [6, 6.07) is 15.2. The van der Waals surface area contributed by atoms with Crippen LogP contribution in [0.25, 0.3) is 0 Å². The predicted molar refractivity (Wildman–Crippen MR) is 106 cm³/mol. The van der Waals surface area contributed by atoms with E-state index in [4.69, 9.17) is 9.47 Å². The zero-order valence-electron chi connectivity index (χ0n) is 16.0. The summed E-state index contributed by atoms with van der Waals surface area (Å²) in [7, 11) is 0. The van der Waals surface area contributed by atoms with Crippen LogP contribution in [0.2, 0.25) is 0 Å². The second-order valence-electron chi connectivity index (χ2n) is 6.33. The summed E-state index contributed by atoms with van der Waals surface area (Å²) in [5, 5.41) is 2.87. The minimum absolute atomic E-state index is 0.179. The molecule has 140 valence electrons. The molecule has 2 aromatic carbocycles. The first kappa shape index (κ1) is 19.8. The Labute approximate surface area is 156 Å². The average molecular weight is 355 g/mol. The van der Waals surface area contributed by atoms with Gasteiger partial charge in [-0.3, -0.25) is 4.79 Å². The SMILES string of the molecule is CCCCCOc1ccc(NC(=O)C(C)Oc2ccc(CC)cc2)cc1. The molecule has 0 aliphatic carbocycles. The number of benzene rings is 2. The minimum Gasteiger partial charge on any atom is -0.494 e. The number of ether oxygens (including phenoxy) is 2. The molecule has 0 radical (unpaired) electrons. The maximum atomic E-state index is 12.3. The van der Waals surface area contributed by atoms with E-state index in [1.165, 1.54) is 18.4 Å². The molecule has 4 nitrogen and oxygen atoms in total. The van der Waals surface area contributed by atoms with Gasteiger partial charge in [-0.05, 0) is 61.7 Å². The second kappa shape index (κ2) is 10.5. The zero-order chi connectivity index (χ0) is 18.8. The molecule has 1 atom stereocenters. The van der Waals surface area contributed by atoms with Crippen molar-refractivity contribution in [3.05, 3.63) is 54.1 Å². The highest BCUT2D eigenvalue weighted by Gasteiger charge is 2.15. The monoisotopic (exact) mass is 355 g/mol. The summed E-state index contributed by atoms with van der Waals surface area (Å²) in [5.41, 5.74) is 1.97. The summed E-state index contributed by atoms with van der Waals surface area (Å²) >= 11 is 0. The van der Waals surface area contributed by atoms with E-state index in [0.717, 1.165) is 30.9 Å². The van der Waals surface area contributed by atoms with Gasteiger partial charge in [0.15, 0.2) is 6.10 Å². The van der Waals surface area contributed by atoms with Crippen molar-refractivity contribution in [1.29, 1.82) is 0 Å². The number of carbonyl (C=O) groups is 1.